The lowest BCUT2D eigenvalue weighted by Crippen LogP contribution is -2.92. The average Bonchev–Trinajstić information content (AvgIpc) is 2.32. The van der Waals surface area contributed by atoms with Crippen LogP contribution in [0.4, 0.5) is 0 Å². The highest BCUT2D eigenvalue weighted by Crippen LogP contribution is 2.20. The highest BCUT2D eigenvalue weighted by Gasteiger charge is 2.46. The van der Waals surface area contributed by atoms with Crippen LogP contribution in [-0.4, -0.2) is 73.5 Å². The summed E-state index contributed by atoms with van der Waals surface area (Å²) in [6, 6.07) is -1.10. The van der Waals surface area contributed by atoms with Gasteiger partial charge in [-0.3, -0.25) is 20.6 Å². The molecule has 0 spiro atoms. The Morgan fingerprint density at radius 2 is 2.00 bits per heavy atom. The van der Waals surface area contributed by atoms with Crippen LogP contribution in [0.2, 0.25) is 0 Å². The van der Waals surface area contributed by atoms with Crippen LogP contribution in [-0.2, 0) is 24.1 Å². The fourth-order valence-corrected chi connectivity index (χ4v) is 2.08. The van der Waals surface area contributed by atoms with Gasteiger partial charge < -0.3 is 24.2 Å². The Labute approximate surface area is 115 Å². The molecule has 0 bridgehead atoms. The summed E-state index contributed by atoms with van der Waals surface area (Å²) in [5.41, 5.74) is 10.5. The number of aliphatic hydroxyl groups is 2. The SMILES string of the molecule is CO[C@H]1O[C@H](COS(=O)(=O)[O-])[C@@H](O)[C@H]([NH+]=C(N)N)[C@@H]1O. The third-order valence-electron chi connectivity index (χ3n) is 2.65. The number of hydrogen-bond donors (Lipinski definition) is 5. The van der Waals surface area contributed by atoms with E-state index < -0.39 is 47.6 Å². The van der Waals surface area contributed by atoms with Crippen molar-refractivity contribution < 1.29 is 41.8 Å². The van der Waals surface area contributed by atoms with Crippen molar-refractivity contribution in [3.8, 4) is 0 Å². The maximum atomic E-state index is 10.4. The molecule has 12 heteroatoms. The molecule has 0 radical (unpaired) electrons. The van der Waals surface area contributed by atoms with Crippen molar-refractivity contribution in [2.24, 2.45) is 11.5 Å². The highest BCUT2D eigenvalue weighted by atomic mass is 32.3. The van der Waals surface area contributed by atoms with Gasteiger partial charge in [0.2, 0.25) is 10.4 Å². The van der Waals surface area contributed by atoms with Crippen LogP contribution in [0.1, 0.15) is 0 Å². The molecule has 0 aromatic rings. The van der Waals surface area contributed by atoms with Crippen LogP contribution >= 0.6 is 0 Å². The van der Waals surface area contributed by atoms with Crippen LogP contribution < -0.4 is 16.5 Å². The van der Waals surface area contributed by atoms with E-state index in [9.17, 15) is 23.2 Å². The van der Waals surface area contributed by atoms with Gasteiger partial charge in [0.15, 0.2) is 6.29 Å². The molecule has 0 aromatic heterocycles. The molecule has 1 aliphatic heterocycles. The number of hydrogen-bond acceptors (Lipinski definition) is 8. The van der Waals surface area contributed by atoms with Gasteiger partial charge in [-0.1, -0.05) is 0 Å². The van der Waals surface area contributed by atoms with Crippen LogP contribution in [0.15, 0.2) is 0 Å². The predicted molar refractivity (Wildman–Crippen MR) is 61.5 cm³/mol. The zero-order valence-corrected chi connectivity index (χ0v) is 11.3. The third kappa shape index (κ3) is 4.52. The number of nitrogens with one attached hydrogen (secondary N) is 1. The molecular formula is C8H17N3O8S. The van der Waals surface area contributed by atoms with E-state index in [0.29, 0.717) is 0 Å². The Hall–Kier alpha value is -1.02. The van der Waals surface area contributed by atoms with Gasteiger partial charge in [0, 0.05) is 7.11 Å². The Morgan fingerprint density at radius 1 is 1.40 bits per heavy atom. The minimum absolute atomic E-state index is 0.277. The van der Waals surface area contributed by atoms with E-state index in [1.165, 1.54) is 7.11 Å². The Balaban J connectivity index is 2.88. The smallest absolute Gasteiger partial charge is 0.339 e. The largest absolute Gasteiger partial charge is 0.726 e. The number of rotatable bonds is 5. The monoisotopic (exact) mass is 315 g/mol. The highest BCUT2D eigenvalue weighted by molar-refractivity contribution is 7.80. The van der Waals surface area contributed by atoms with Gasteiger partial charge in [0.05, 0.1) is 6.61 Å². The number of ether oxygens (including phenoxy) is 2. The first-order valence-electron chi connectivity index (χ1n) is 5.44. The van der Waals surface area contributed by atoms with Crippen molar-refractivity contribution in [2.75, 3.05) is 13.7 Å². The van der Waals surface area contributed by atoms with E-state index in [0.717, 1.165) is 0 Å². The summed E-state index contributed by atoms with van der Waals surface area (Å²) in [6.07, 6.45) is -5.22. The molecule has 0 amide bonds. The second kappa shape index (κ2) is 6.62. The summed E-state index contributed by atoms with van der Waals surface area (Å²) in [6.45, 7) is -0.748. The molecule has 1 rings (SSSR count). The van der Waals surface area contributed by atoms with Crippen LogP contribution in [0.25, 0.3) is 0 Å². The van der Waals surface area contributed by atoms with Crippen LogP contribution in [0.3, 0.4) is 0 Å². The van der Waals surface area contributed by atoms with E-state index in [4.69, 9.17) is 20.9 Å². The zero-order valence-electron chi connectivity index (χ0n) is 10.5. The van der Waals surface area contributed by atoms with Crippen LogP contribution in [0.5, 0.6) is 0 Å². The van der Waals surface area contributed by atoms with Gasteiger partial charge in [-0.15, -0.1) is 0 Å². The fourth-order valence-electron chi connectivity index (χ4n) is 1.78. The van der Waals surface area contributed by atoms with Crippen molar-refractivity contribution in [3.05, 3.63) is 0 Å². The molecule has 11 nitrogen and oxygen atoms in total. The summed E-state index contributed by atoms with van der Waals surface area (Å²) in [5.74, 6) is -0.277. The lowest BCUT2D eigenvalue weighted by atomic mass is 9.97. The van der Waals surface area contributed by atoms with Crippen molar-refractivity contribution in [1.82, 2.24) is 0 Å². The molecule has 1 saturated heterocycles. The first-order valence-corrected chi connectivity index (χ1v) is 6.78. The van der Waals surface area contributed by atoms with Gasteiger partial charge >= 0.3 is 5.96 Å². The standard InChI is InChI=1S/C8H17N3O8S/c1-17-7-6(13)4(11-8(9)10)5(12)3(19-7)2-18-20(14,15)16/h3-7,12-13H,2H2,1H3,(H4,9,10,11)(H,14,15,16)/t3-,4+,5-,6+,7+/m1/s1. The van der Waals surface area contributed by atoms with Crippen molar-refractivity contribution in [3.63, 3.8) is 0 Å². The fraction of sp³-hybridized carbons (Fsp3) is 0.875. The maximum Gasteiger partial charge on any atom is 0.339 e. The Kier molecular flexibility index (Phi) is 5.64. The lowest BCUT2D eigenvalue weighted by Gasteiger charge is -2.39. The number of methoxy groups -OCH3 is 1. The van der Waals surface area contributed by atoms with Gasteiger partial charge in [-0.05, 0) is 0 Å². The Bertz CT molecular complexity index is 451. The number of aliphatic hydroxyl groups excluding tert-OH is 2. The molecule has 0 aliphatic carbocycles. The van der Waals surface area contributed by atoms with Crippen molar-refractivity contribution in [1.29, 1.82) is 0 Å². The van der Waals surface area contributed by atoms with E-state index in [-0.39, 0.29) is 5.96 Å². The molecule has 20 heavy (non-hydrogen) atoms. The quantitative estimate of drug-likeness (QED) is 0.141. The Morgan fingerprint density at radius 3 is 2.45 bits per heavy atom. The first kappa shape index (κ1) is 17.0. The molecule has 0 saturated carbocycles. The van der Waals surface area contributed by atoms with E-state index in [1.807, 2.05) is 0 Å². The maximum absolute atomic E-state index is 10.4. The third-order valence-corrected chi connectivity index (χ3v) is 3.07. The average molecular weight is 315 g/mol. The molecule has 5 atom stereocenters. The predicted octanol–water partition coefficient (Wildman–Crippen LogP) is -5.72. The summed E-state index contributed by atoms with van der Waals surface area (Å²) in [7, 11) is -3.72. The molecular weight excluding hydrogens is 298 g/mol. The van der Waals surface area contributed by atoms with Crippen LogP contribution in [0, 0.1) is 0 Å². The molecule has 0 unspecified atom stereocenters. The van der Waals surface area contributed by atoms with Gasteiger partial charge in [-0.2, -0.15) is 0 Å². The molecule has 118 valence electrons. The number of nitrogens with two attached hydrogens (primary N) is 2. The van der Waals surface area contributed by atoms with Crippen molar-refractivity contribution >= 4 is 16.4 Å². The van der Waals surface area contributed by atoms with Gasteiger partial charge in [-0.25, -0.2) is 8.42 Å². The van der Waals surface area contributed by atoms with Gasteiger partial charge in [0.25, 0.3) is 0 Å². The summed E-state index contributed by atoms with van der Waals surface area (Å²) < 4.78 is 45.1. The summed E-state index contributed by atoms with van der Waals surface area (Å²) in [5, 5.41) is 19.8. The molecule has 1 aliphatic rings. The molecule has 7 N–H and O–H groups in total. The molecule has 1 fully saturated rings. The lowest BCUT2D eigenvalue weighted by molar-refractivity contribution is -0.552. The van der Waals surface area contributed by atoms with E-state index in [2.05, 4.69) is 9.18 Å². The second-order valence-corrected chi connectivity index (χ2v) is 5.13. The molecule has 1 heterocycles. The number of guanidine groups is 1. The normalized spacial score (nSPS) is 34.7. The van der Waals surface area contributed by atoms with E-state index >= 15 is 0 Å². The minimum atomic E-state index is -4.94. The minimum Gasteiger partial charge on any atom is -0.726 e. The second-order valence-electron chi connectivity index (χ2n) is 4.08. The summed E-state index contributed by atoms with van der Waals surface area (Å²) >= 11 is 0. The topological polar surface area (TPSA) is 191 Å². The van der Waals surface area contributed by atoms with Crippen molar-refractivity contribution in [2.45, 2.75) is 30.6 Å². The van der Waals surface area contributed by atoms with Gasteiger partial charge in [0.1, 0.15) is 24.4 Å². The van der Waals surface area contributed by atoms with E-state index in [1.54, 1.807) is 0 Å². The molecule has 0 aromatic carbocycles. The first-order chi connectivity index (χ1) is 9.15. The summed E-state index contributed by atoms with van der Waals surface area (Å²) in [4.78, 5) is 2.40. The zero-order chi connectivity index (χ0) is 15.5.